The number of rotatable bonds is 7. The van der Waals surface area contributed by atoms with Gasteiger partial charge in [0, 0.05) is 17.5 Å². The van der Waals surface area contributed by atoms with Crippen molar-refractivity contribution in [3.05, 3.63) is 47.0 Å². The second-order valence-corrected chi connectivity index (χ2v) is 5.68. The number of benzene rings is 1. The minimum absolute atomic E-state index is 0.201. The van der Waals surface area contributed by atoms with E-state index in [-0.39, 0.29) is 11.8 Å². The first-order chi connectivity index (χ1) is 10.7. The minimum atomic E-state index is -0.232. The summed E-state index contributed by atoms with van der Waals surface area (Å²) < 4.78 is 0. The van der Waals surface area contributed by atoms with E-state index in [0.717, 1.165) is 19.3 Å². The van der Waals surface area contributed by atoms with E-state index in [2.05, 4.69) is 22.5 Å². The van der Waals surface area contributed by atoms with Gasteiger partial charge < -0.3 is 5.32 Å². The zero-order valence-corrected chi connectivity index (χ0v) is 13.3. The van der Waals surface area contributed by atoms with E-state index < -0.39 is 0 Å². The number of amides is 2. The maximum atomic E-state index is 12.0. The molecule has 22 heavy (non-hydrogen) atoms. The van der Waals surface area contributed by atoms with E-state index in [4.69, 9.17) is 0 Å². The smallest absolute Gasteiger partial charge is 0.270 e. The van der Waals surface area contributed by atoms with Crippen LogP contribution in [0.5, 0.6) is 0 Å². The lowest BCUT2D eigenvalue weighted by atomic mass is 10.2. The van der Waals surface area contributed by atoms with Gasteiger partial charge in [-0.05, 0) is 18.6 Å². The maximum absolute atomic E-state index is 12.0. The number of aromatic nitrogens is 1. The molecule has 0 spiro atoms. The van der Waals surface area contributed by atoms with Crippen molar-refractivity contribution < 1.29 is 9.59 Å². The molecule has 0 saturated heterocycles. The Bertz CT molecular complexity index is 625. The molecule has 2 aromatic rings. The number of hydrogen-bond donors (Lipinski definition) is 2. The lowest BCUT2D eigenvalue weighted by Crippen LogP contribution is -2.24. The number of nitrogens with zero attached hydrogens (tertiary/aromatic N) is 1. The number of carbonyl (C=O) groups excluding carboxylic acids is 2. The van der Waals surface area contributed by atoms with Crippen LogP contribution < -0.4 is 10.6 Å². The summed E-state index contributed by atoms with van der Waals surface area (Å²) in [7, 11) is 0. The topological polar surface area (TPSA) is 71.1 Å². The molecule has 6 heteroatoms. The van der Waals surface area contributed by atoms with Crippen LogP contribution >= 0.6 is 11.3 Å². The first-order valence-electron chi connectivity index (χ1n) is 7.31. The van der Waals surface area contributed by atoms with Crippen LogP contribution in [0.2, 0.25) is 0 Å². The third-order valence-electron chi connectivity index (χ3n) is 3.06. The molecule has 5 nitrogen and oxygen atoms in total. The van der Waals surface area contributed by atoms with Gasteiger partial charge in [-0.3, -0.25) is 14.9 Å². The second kappa shape index (κ2) is 8.29. The normalized spacial score (nSPS) is 10.2. The van der Waals surface area contributed by atoms with Crippen LogP contribution in [0.25, 0.3) is 0 Å². The highest BCUT2D eigenvalue weighted by molar-refractivity contribution is 7.14. The Morgan fingerprint density at radius 3 is 2.64 bits per heavy atom. The van der Waals surface area contributed by atoms with E-state index in [1.807, 2.05) is 6.07 Å². The Kier molecular flexibility index (Phi) is 6.09. The third kappa shape index (κ3) is 4.66. The van der Waals surface area contributed by atoms with Gasteiger partial charge in [-0.15, -0.1) is 11.3 Å². The average molecular weight is 317 g/mol. The molecule has 1 heterocycles. The summed E-state index contributed by atoms with van der Waals surface area (Å²) in [5.74, 6) is -0.433. The predicted molar refractivity (Wildman–Crippen MR) is 88.4 cm³/mol. The van der Waals surface area contributed by atoms with Gasteiger partial charge in [0.25, 0.3) is 11.8 Å². The van der Waals surface area contributed by atoms with Gasteiger partial charge in [-0.1, -0.05) is 38.0 Å². The monoisotopic (exact) mass is 317 g/mol. The van der Waals surface area contributed by atoms with Gasteiger partial charge in [-0.2, -0.15) is 0 Å². The van der Waals surface area contributed by atoms with Crippen molar-refractivity contribution in [1.29, 1.82) is 0 Å². The van der Waals surface area contributed by atoms with Gasteiger partial charge in [0.15, 0.2) is 5.13 Å². The van der Waals surface area contributed by atoms with E-state index in [0.29, 0.717) is 22.9 Å². The number of anilines is 1. The molecule has 0 unspecified atom stereocenters. The lowest BCUT2D eigenvalue weighted by molar-refractivity contribution is 0.0947. The Labute approximate surface area is 133 Å². The summed E-state index contributed by atoms with van der Waals surface area (Å²) in [6.45, 7) is 2.76. The Morgan fingerprint density at radius 2 is 1.91 bits per heavy atom. The average Bonchev–Trinajstić information content (AvgIpc) is 3.01. The first kappa shape index (κ1) is 16.2. The predicted octanol–water partition coefficient (Wildman–Crippen LogP) is 3.32. The van der Waals surface area contributed by atoms with E-state index in [1.54, 1.807) is 29.6 Å². The molecule has 0 atom stereocenters. The molecule has 0 fully saturated rings. The Hall–Kier alpha value is -2.21. The minimum Gasteiger partial charge on any atom is -0.351 e. The van der Waals surface area contributed by atoms with Crippen LogP contribution in [0.15, 0.2) is 35.7 Å². The van der Waals surface area contributed by atoms with Gasteiger partial charge in [0.2, 0.25) is 0 Å². The van der Waals surface area contributed by atoms with Crippen LogP contribution in [0.4, 0.5) is 5.13 Å². The fourth-order valence-corrected chi connectivity index (χ4v) is 2.55. The third-order valence-corrected chi connectivity index (χ3v) is 3.82. The highest BCUT2D eigenvalue weighted by Crippen LogP contribution is 2.16. The summed E-state index contributed by atoms with van der Waals surface area (Å²) in [6, 6.07) is 8.90. The van der Waals surface area contributed by atoms with Gasteiger partial charge in [0.05, 0.1) is 0 Å². The molecule has 0 bridgehead atoms. The molecule has 116 valence electrons. The second-order valence-electron chi connectivity index (χ2n) is 4.82. The van der Waals surface area contributed by atoms with Crippen LogP contribution in [0, 0.1) is 0 Å². The standard InChI is InChI=1S/C16H19N3O2S/c1-2-3-7-10-17-15(21)13-11-22-16(18-13)19-14(20)12-8-5-4-6-9-12/h4-6,8-9,11H,2-3,7,10H2,1H3,(H,17,21)(H,18,19,20). The highest BCUT2D eigenvalue weighted by Gasteiger charge is 2.12. The summed E-state index contributed by atoms with van der Waals surface area (Å²) in [5, 5.41) is 7.60. The van der Waals surface area contributed by atoms with Gasteiger partial charge in [-0.25, -0.2) is 4.98 Å². The summed E-state index contributed by atoms with van der Waals surface area (Å²) in [6.07, 6.45) is 3.17. The van der Waals surface area contributed by atoms with Crippen LogP contribution in [0.1, 0.15) is 47.0 Å². The summed E-state index contributed by atoms with van der Waals surface area (Å²) in [5.41, 5.74) is 0.896. The summed E-state index contributed by atoms with van der Waals surface area (Å²) in [4.78, 5) is 28.0. The SMILES string of the molecule is CCCCCNC(=O)c1csc(NC(=O)c2ccccc2)n1. The zero-order chi connectivity index (χ0) is 15.8. The Balaban J connectivity index is 1.88. The molecule has 0 aliphatic rings. The molecule has 0 aliphatic heterocycles. The van der Waals surface area contributed by atoms with Crippen molar-refractivity contribution in [2.75, 3.05) is 11.9 Å². The van der Waals surface area contributed by atoms with Crippen molar-refractivity contribution in [2.24, 2.45) is 0 Å². The number of nitrogens with one attached hydrogen (secondary N) is 2. The fraction of sp³-hybridized carbons (Fsp3) is 0.312. The molecule has 1 aromatic heterocycles. The van der Waals surface area contributed by atoms with Gasteiger partial charge in [0.1, 0.15) is 5.69 Å². The first-order valence-corrected chi connectivity index (χ1v) is 8.18. The molecule has 2 amide bonds. The molecule has 0 aliphatic carbocycles. The van der Waals surface area contributed by atoms with E-state index in [1.165, 1.54) is 11.3 Å². The Morgan fingerprint density at radius 1 is 1.14 bits per heavy atom. The van der Waals surface area contributed by atoms with Crippen LogP contribution in [0.3, 0.4) is 0 Å². The largest absolute Gasteiger partial charge is 0.351 e. The quantitative estimate of drug-likeness (QED) is 0.770. The van der Waals surface area contributed by atoms with Crippen molar-refractivity contribution in [1.82, 2.24) is 10.3 Å². The van der Waals surface area contributed by atoms with Crippen LogP contribution in [-0.4, -0.2) is 23.3 Å². The van der Waals surface area contributed by atoms with Crippen molar-refractivity contribution >= 4 is 28.3 Å². The molecule has 0 saturated carbocycles. The lowest BCUT2D eigenvalue weighted by Gasteiger charge is -2.02. The molecule has 0 radical (unpaired) electrons. The molecular formula is C16H19N3O2S. The summed E-state index contributed by atoms with van der Waals surface area (Å²) >= 11 is 1.24. The highest BCUT2D eigenvalue weighted by atomic mass is 32.1. The van der Waals surface area contributed by atoms with Crippen molar-refractivity contribution in [2.45, 2.75) is 26.2 Å². The fourth-order valence-electron chi connectivity index (χ4n) is 1.86. The number of thiazole rings is 1. The van der Waals surface area contributed by atoms with Gasteiger partial charge >= 0.3 is 0 Å². The molecule has 2 rings (SSSR count). The number of hydrogen-bond acceptors (Lipinski definition) is 4. The van der Waals surface area contributed by atoms with Crippen molar-refractivity contribution in [3.63, 3.8) is 0 Å². The van der Waals surface area contributed by atoms with Crippen LogP contribution in [-0.2, 0) is 0 Å². The molecule has 2 N–H and O–H groups in total. The molecular weight excluding hydrogens is 298 g/mol. The van der Waals surface area contributed by atoms with E-state index in [9.17, 15) is 9.59 Å². The van der Waals surface area contributed by atoms with E-state index >= 15 is 0 Å². The maximum Gasteiger partial charge on any atom is 0.270 e. The van der Waals surface area contributed by atoms with Crippen molar-refractivity contribution in [3.8, 4) is 0 Å². The number of unbranched alkanes of at least 4 members (excludes halogenated alkanes) is 2. The molecule has 1 aromatic carbocycles. The zero-order valence-electron chi connectivity index (χ0n) is 12.5. The number of carbonyl (C=O) groups is 2.